The van der Waals surface area contributed by atoms with Gasteiger partial charge >= 0.3 is 0 Å². The molecule has 3 unspecified atom stereocenters. The molecule has 5 rings (SSSR count). The summed E-state index contributed by atoms with van der Waals surface area (Å²) in [5, 5.41) is 12.4. The van der Waals surface area contributed by atoms with E-state index in [1.54, 1.807) is 12.3 Å². The summed E-state index contributed by atoms with van der Waals surface area (Å²) in [6.45, 7) is 0. The number of benzene rings is 2. The third-order valence-electron chi connectivity index (χ3n) is 5.86. The van der Waals surface area contributed by atoms with Gasteiger partial charge in [0.1, 0.15) is 11.4 Å². The maximum absolute atomic E-state index is 11.9. The third kappa shape index (κ3) is 2.33. The van der Waals surface area contributed by atoms with Crippen molar-refractivity contribution >= 4 is 27.5 Å². The van der Waals surface area contributed by atoms with Crippen LogP contribution in [0.2, 0.25) is 5.02 Å². The molecule has 3 atom stereocenters. The second-order valence-corrected chi connectivity index (χ2v) is 8.56. The molecule has 27 heavy (non-hydrogen) atoms. The normalized spacial score (nSPS) is 28.5. The van der Waals surface area contributed by atoms with Crippen LogP contribution in [0.1, 0.15) is 35.6 Å². The van der Waals surface area contributed by atoms with Crippen LogP contribution in [0.25, 0.3) is 0 Å². The van der Waals surface area contributed by atoms with Gasteiger partial charge in [-0.1, -0.05) is 70.0 Å². The molecule has 1 saturated carbocycles. The maximum Gasteiger partial charge on any atom is 0.175 e. The van der Waals surface area contributed by atoms with E-state index >= 15 is 0 Å². The number of hydrogen-bond acceptors (Lipinski definition) is 3. The van der Waals surface area contributed by atoms with E-state index < -0.39 is 11.2 Å². The average molecular weight is 443 g/mol. The van der Waals surface area contributed by atoms with Gasteiger partial charge in [0.2, 0.25) is 0 Å². The van der Waals surface area contributed by atoms with Gasteiger partial charge < -0.3 is 9.84 Å². The van der Waals surface area contributed by atoms with Crippen molar-refractivity contribution in [3.05, 3.63) is 93.2 Å². The molecule has 0 amide bonds. The second kappa shape index (κ2) is 6.06. The van der Waals surface area contributed by atoms with Crippen LogP contribution in [-0.2, 0) is 11.2 Å². The van der Waals surface area contributed by atoms with E-state index in [4.69, 9.17) is 16.3 Å². The Hall–Kier alpha value is -1.88. The van der Waals surface area contributed by atoms with Crippen LogP contribution in [-0.4, -0.2) is 10.1 Å². The van der Waals surface area contributed by atoms with E-state index in [0.29, 0.717) is 22.9 Å². The summed E-state index contributed by atoms with van der Waals surface area (Å²) in [7, 11) is 0. The molecule has 0 radical (unpaired) electrons. The molecule has 0 spiro atoms. The fraction of sp³-hybridized carbons (Fsp3) is 0.227. The number of rotatable bonds is 2. The van der Waals surface area contributed by atoms with Gasteiger partial charge in [0.05, 0.1) is 5.02 Å². The Balaban J connectivity index is 1.77. The van der Waals surface area contributed by atoms with Gasteiger partial charge in [-0.3, -0.25) is 4.98 Å². The van der Waals surface area contributed by atoms with E-state index in [9.17, 15) is 5.11 Å². The Morgan fingerprint density at radius 2 is 1.85 bits per heavy atom. The fourth-order valence-corrected chi connectivity index (χ4v) is 5.16. The first-order chi connectivity index (χ1) is 13.0. The predicted octanol–water partition coefficient (Wildman–Crippen LogP) is 5.55. The van der Waals surface area contributed by atoms with Gasteiger partial charge in [0, 0.05) is 22.7 Å². The SMILES string of the molecule is OC12CCC(c3ccccc3)C1(c1ccc(Br)cc1)Oc1cc(Cl)cnc12. The zero-order chi connectivity index (χ0) is 18.6. The highest BCUT2D eigenvalue weighted by atomic mass is 79.9. The smallest absolute Gasteiger partial charge is 0.175 e. The van der Waals surface area contributed by atoms with Gasteiger partial charge in [0.15, 0.2) is 11.2 Å². The number of aliphatic hydroxyl groups is 1. The van der Waals surface area contributed by atoms with Crippen molar-refractivity contribution in [2.45, 2.75) is 30.0 Å². The van der Waals surface area contributed by atoms with Crippen LogP contribution in [0.4, 0.5) is 0 Å². The number of fused-ring (bicyclic) bond motifs is 3. The Bertz CT molecular complexity index is 1010. The maximum atomic E-state index is 11.9. The fourth-order valence-electron chi connectivity index (χ4n) is 4.75. The zero-order valence-corrected chi connectivity index (χ0v) is 16.7. The molecule has 5 heteroatoms. The van der Waals surface area contributed by atoms with Crippen LogP contribution in [0, 0.1) is 0 Å². The molecule has 136 valence electrons. The highest BCUT2D eigenvalue weighted by Crippen LogP contribution is 2.66. The monoisotopic (exact) mass is 441 g/mol. The Morgan fingerprint density at radius 3 is 2.59 bits per heavy atom. The summed E-state index contributed by atoms with van der Waals surface area (Å²) in [4.78, 5) is 4.47. The van der Waals surface area contributed by atoms with Gasteiger partial charge in [-0.15, -0.1) is 0 Å². The van der Waals surface area contributed by atoms with E-state index in [1.807, 2.05) is 42.5 Å². The topological polar surface area (TPSA) is 42.4 Å². The molecule has 2 aliphatic rings. The van der Waals surface area contributed by atoms with Crippen molar-refractivity contribution in [2.75, 3.05) is 0 Å². The number of ether oxygens (including phenoxy) is 1. The number of halogens is 2. The lowest BCUT2D eigenvalue weighted by Crippen LogP contribution is -2.48. The molecule has 2 heterocycles. The average Bonchev–Trinajstić information content (AvgIpc) is 3.10. The number of pyridine rings is 1. The van der Waals surface area contributed by atoms with Crippen molar-refractivity contribution in [3.8, 4) is 5.75 Å². The quantitative estimate of drug-likeness (QED) is 0.566. The van der Waals surface area contributed by atoms with E-state index in [0.717, 1.165) is 22.0 Å². The minimum Gasteiger partial charge on any atom is -0.476 e. The van der Waals surface area contributed by atoms with Crippen molar-refractivity contribution in [3.63, 3.8) is 0 Å². The van der Waals surface area contributed by atoms with Crippen LogP contribution in [0.15, 0.2) is 71.3 Å². The van der Waals surface area contributed by atoms with Gasteiger partial charge in [-0.2, -0.15) is 0 Å². The Labute approximate surface area is 171 Å². The molecule has 1 aromatic heterocycles. The second-order valence-electron chi connectivity index (χ2n) is 7.21. The molecule has 0 saturated heterocycles. The summed E-state index contributed by atoms with van der Waals surface area (Å²) in [5.41, 5.74) is 0.522. The highest BCUT2D eigenvalue weighted by molar-refractivity contribution is 9.10. The molecule has 3 nitrogen and oxygen atoms in total. The number of hydrogen-bond donors (Lipinski definition) is 1. The van der Waals surface area contributed by atoms with Crippen LogP contribution >= 0.6 is 27.5 Å². The molecular weight excluding hydrogens is 426 g/mol. The number of nitrogens with zero attached hydrogens (tertiary/aromatic N) is 1. The summed E-state index contributed by atoms with van der Waals surface area (Å²) in [6.07, 6.45) is 2.96. The van der Waals surface area contributed by atoms with Gasteiger partial charge in [-0.25, -0.2) is 0 Å². The lowest BCUT2D eigenvalue weighted by Gasteiger charge is -2.39. The summed E-state index contributed by atoms with van der Waals surface area (Å²) >= 11 is 9.66. The molecule has 1 N–H and O–H groups in total. The van der Waals surface area contributed by atoms with Crippen LogP contribution in [0.3, 0.4) is 0 Å². The van der Waals surface area contributed by atoms with Crippen LogP contribution in [0.5, 0.6) is 5.75 Å². The molecule has 1 aliphatic carbocycles. The molecule has 2 aromatic carbocycles. The van der Waals surface area contributed by atoms with Crippen molar-refractivity contribution in [1.29, 1.82) is 0 Å². The highest BCUT2D eigenvalue weighted by Gasteiger charge is 2.69. The van der Waals surface area contributed by atoms with Gasteiger partial charge in [-0.05, 0) is 36.1 Å². The van der Waals surface area contributed by atoms with Crippen molar-refractivity contribution in [1.82, 2.24) is 4.98 Å². The summed E-state index contributed by atoms with van der Waals surface area (Å²) in [6, 6.07) is 20.0. The minimum atomic E-state index is -1.21. The molecule has 1 fully saturated rings. The molecular formula is C22H17BrClNO2. The van der Waals surface area contributed by atoms with E-state index in [-0.39, 0.29) is 5.92 Å². The minimum absolute atomic E-state index is 0.00199. The molecule has 1 aliphatic heterocycles. The first kappa shape index (κ1) is 17.2. The summed E-state index contributed by atoms with van der Waals surface area (Å²) in [5.74, 6) is 0.561. The first-order valence-electron chi connectivity index (χ1n) is 8.93. The van der Waals surface area contributed by atoms with Crippen molar-refractivity contribution < 1.29 is 9.84 Å². The van der Waals surface area contributed by atoms with Gasteiger partial charge in [0.25, 0.3) is 0 Å². The van der Waals surface area contributed by atoms with E-state index in [1.165, 1.54) is 0 Å². The largest absolute Gasteiger partial charge is 0.476 e. The molecule has 0 bridgehead atoms. The zero-order valence-electron chi connectivity index (χ0n) is 14.4. The number of aromatic nitrogens is 1. The Kier molecular flexibility index (Phi) is 3.87. The molecule has 3 aromatic rings. The lowest BCUT2D eigenvalue weighted by molar-refractivity contribution is -0.107. The summed E-state index contributed by atoms with van der Waals surface area (Å²) < 4.78 is 7.57. The Morgan fingerprint density at radius 1 is 1.11 bits per heavy atom. The van der Waals surface area contributed by atoms with E-state index in [2.05, 4.69) is 33.0 Å². The first-order valence-corrected chi connectivity index (χ1v) is 10.1. The standard InChI is InChI=1S/C22H17BrClNO2/c23-16-8-6-15(7-9-16)22-18(14-4-2-1-3-5-14)10-11-21(22,26)20-19(27-22)12-17(24)13-25-20/h1-9,12-13,18,26H,10-11H2. The third-order valence-corrected chi connectivity index (χ3v) is 6.59. The van der Waals surface area contributed by atoms with Crippen LogP contribution < -0.4 is 4.74 Å². The van der Waals surface area contributed by atoms with Crippen molar-refractivity contribution in [2.24, 2.45) is 0 Å². The predicted molar refractivity (Wildman–Crippen MR) is 108 cm³/mol. The lowest BCUT2D eigenvalue weighted by atomic mass is 9.73.